The van der Waals surface area contributed by atoms with Crippen LogP contribution < -0.4 is 0 Å². The van der Waals surface area contributed by atoms with Crippen LogP contribution in [-0.2, 0) is 0 Å². The predicted octanol–water partition coefficient (Wildman–Crippen LogP) is 11.9. The van der Waals surface area contributed by atoms with E-state index in [1.807, 2.05) is 12.1 Å². The minimum atomic E-state index is 0.270. The predicted molar refractivity (Wildman–Crippen MR) is 169 cm³/mol. The maximum Gasteiger partial charge on any atom is 0.162 e. The van der Waals surface area contributed by atoms with Crippen molar-refractivity contribution in [3.05, 3.63) is 47.5 Å². The summed E-state index contributed by atoms with van der Waals surface area (Å²) in [5, 5.41) is 2.46. The van der Waals surface area contributed by atoms with Gasteiger partial charge >= 0.3 is 0 Å². The van der Waals surface area contributed by atoms with E-state index in [1.54, 1.807) is 22.7 Å². The third-order valence-electron chi connectivity index (χ3n) is 7.74. The van der Waals surface area contributed by atoms with Gasteiger partial charge in [0, 0.05) is 44.1 Å². The molecule has 0 spiro atoms. The van der Waals surface area contributed by atoms with Crippen LogP contribution in [0.4, 0.5) is 0 Å². The van der Waals surface area contributed by atoms with E-state index >= 15 is 0 Å². The molecule has 38 heavy (non-hydrogen) atoms. The molecule has 0 saturated carbocycles. The standard InChI is InChI=1S/C34H44O2S2/c1-3-5-7-9-11-13-15-17-29(35)25-19-21-27-31(23-25)37-34-28-22-20-26(24-32(28)38-33(27)34)30(36)18-16-14-12-10-8-6-4-2/h19-24H,3-18H2,1-2H3. The largest absolute Gasteiger partial charge is 0.294 e. The maximum absolute atomic E-state index is 12.8. The van der Waals surface area contributed by atoms with Crippen molar-refractivity contribution in [1.82, 2.24) is 0 Å². The zero-order valence-electron chi connectivity index (χ0n) is 23.4. The summed E-state index contributed by atoms with van der Waals surface area (Å²) in [5.74, 6) is 0.539. The summed E-state index contributed by atoms with van der Waals surface area (Å²) in [7, 11) is 0. The number of hydrogen-bond donors (Lipinski definition) is 0. The van der Waals surface area contributed by atoms with Gasteiger partial charge in [0.2, 0.25) is 0 Å². The molecule has 0 radical (unpaired) electrons. The van der Waals surface area contributed by atoms with Crippen molar-refractivity contribution in [1.29, 1.82) is 0 Å². The van der Waals surface area contributed by atoms with Gasteiger partial charge in [-0.3, -0.25) is 9.59 Å². The lowest BCUT2D eigenvalue weighted by Gasteiger charge is -2.03. The molecule has 2 nitrogen and oxygen atoms in total. The Morgan fingerprint density at radius 1 is 0.526 bits per heavy atom. The zero-order valence-corrected chi connectivity index (χ0v) is 25.0. The number of thiophene rings is 2. The van der Waals surface area contributed by atoms with E-state index in [0.717, 1.165) is 36.8 Å². The fourth-order valence-electron chi connectivity index (χ4n) is 5.38. The average molecular weight is 549 g/mol. The van der Waals surface area contributed by atoms with Gasteiger partial charge in [0.1, 0.15) is 0 Å². The molecule has 0 amide bonds. The Balaban J connectivity index is 1.36. The summed E-state index contributed by atoms with van der Waals surface area (Å²) in [5.41, 5.74) is 1.69. The second-order valence-corrected chi connectivity index (χ2v) is 13.0. The van der Waals surface area contributed by atoms with Crippen LogP contribution in [0.15, 0.2) is 36.4 Å². The third-order valence-corrected chi connectivity index (χ3v) is 10.2. The topological polar surface area (TPSA) is 34.1 Å². The second kappa shape index (κ2) is 14.9. The Bertz CT molecular complexity index is 1240. The van der Waals surface area contributed by atoms with E-state index in [4.69, 9.17) is 0 Å². The molecule has 0 bridgehead atoms. The van der Waals surface area contributed by atoms with Gasteiger partial charge in [-0.2, -0.15) is 0 Å². The highest BCUT2D eigenvalue weighted by Crippen LogP contribution is 2.44. The molecule has 0 saturated heterocycles. The Kier molecular flexibility index (Phi) is 11.4. The highest BCUT2D eigenvalue weighted by molar-refractivity contribution is 7.36. The number of fused-ring (bicyclic) bond motifs is 5. The summed E-state index contributed by atoms with van der Waals surface area (Å²) < 4.78 is 4.95. The number of carbonyl (C=O) groups is 2. The van der Waals surface area contributed by atoms with Crippen molar-refractivity contribution in [2.75, 3.05) is 0 Å². The SMILES string of the molecule is CCCCCCCCCC(=O)c1ccc2c(c1)sc1c3ccc(C(=O)CCCCCCCCC)cc3sc21. The maximum atomic E-state index is 12.8. The molecule has 0 fully saturated rings. The van der Waals surface area contributed by atoms with Crippen LogP contribution >= 0.6 is 22.7 Å². The van der Waals surface area contributed by atoms with E-state index in [0.29, 0.717) is 12.8 Å². The average Bonchev–Trinajstić information content (AvgIpc) is 3.46. The molecule has 0 unspecified atom stereocenters. The Hall–Kier alpha value is -2.04. The number of carbonyl (C=O) groups excluding carboxylic acids is 2. The van der Waals surface area contributed by atoms with Gasteiger partial charge in [0.05, 0.1) is 9.40 Å². The monoisotopic (exact) mass is 548 g/mol. The number of rotatable bonds is 18. The fraction of sp³-hybridized carbons (Fsp3) is 0.529. The fourth-order valence-corrected chi connectivity index (χ4v) is 8.11. The lowest BCUT2D eigenvalue weighted by Crippen LogP contribution is -1.98. The van der Waals surface area contributed by atoms with E-state index in [-0.39, 0.29) is 11.6 Å². The quantitative estimate of drug-likeness (QED) is 0.0915. The normalized spacial score (nSPS) is 11.7. The van der Waals surface area contributed by atoms with Crippen LogP contribution in [0.3, 0.4) is 0 Å². The summed E-state index contributed by atoms with van der Waals surface area (Å²) in [6.07, 6.45) is 18.5. The number of hydrogen-bond acceptors (Lipinski definition) is 4. The molecule has 0 aliphatic carbocycles. The Morgan fingerprint density at radius 3 is 1.29 bits per heavy atom. The third kappa shape index (κ3) is 7.54. The van der Waals surface area contributed by atoms with Gasteiger partial charge in [0.15, 0.2) is 11.6 Å². The molecule has 2 aromatic carbocycles. The molecular formula is C34H44O2S2. The first-order chi connectivity index (χ1) is 18.6. The highest BCUT2D eigenvalue weighted by atomic mass is 32.1. The lowest BCUT2D eigenvalue weighted by atomic mass is 10.0. The molecular weight excluding hydrogens is 505 g/mol. The number of Topliss-reactive ketones (excluding diaryl/α,β-unsaturated/α-hetero) is 2. The van der Waals surface area contributed by atoms with Crippen LogP contribution in [0.2, 0.25) is 0 Å². The van der Waals surface area contributed by atoms with Crippen LogP contribution in [0.25, 0.3) is 29.6 Å². The lowest BCUT2D eigenvalue weighted by molar-refractivity contribution is 0.0971. The molecule has 0 aliphatic rings. The molecule has 0 N–H and O–H groups in total. The van der Waals surface area contributed by atoms with E-state index in [9.17, 15) is 9.59 Å². The van der Waals surface area contributed by atoms with Gasteiger partial charge in [-0.1, -0.05) is 115 Å². The molecule has 4 heteroatoms. The van der Waals surface area contributed by atoms with Gasteiger partial charge in [0.25, 0.3) is 0 Å². The first-order valence-electron chi connectivity index (χ1n) is 15.1. The molecule has 0 atom stereocenters. The van der Waals surface area contributed by atoms with E-state index in [2.05, 4.69) is 38.1 Å². The van der Waals surface area contributed by atoms with Crippen LogP contribution in [0.1, 0.15) is 137 Å². The molecule has 204 valence electrons. The van der Waals surface area contributed by atoms with E-state index in [1.165, 1.54) is 93.8 Å². The molecule has 2 aromatic heterocycles. The van der Waals surface area contributed by atoms with Crippen LogP contribution in [0, 0.1) is 0 Å². The summed E-state index contributed by atoms with van der Waals surface area (Å²) >= 11 is 3.56. The van der Waals surface area contributed by atoms with Gasteiger partial charge < -0.3 is 0 Å². The summed E-state index contributed by atoms with van der Waals surface area (Å²) in [6.45, 7) is 4.49. The minimum absolute atomic E-state index is 0.270. The van der Waals surface area contributed by atoms with Crippen LogP contribution in [-0.4, -0.2) is 11.6 Å². The van der Waals surface area contributed by atoms with Gasteiger partial charge in [-0.05, 0) is 25.0 Å². The van der Waals surface area contributed by atoms with Crippen molar-refractivity contribution in [2.24, 2.45) is 0 Å². The zero-order chi connectivity index (χ0) is 26.7. The minimum Gasteiger partial charge on any atom is -0.294 e. The van der Waals surface area contributed by atoms with E-state index < -0.39 is 0 Å². The second-order valence-electron chi connectivity index (χ2n) is 10.9. The first kappa shape index (κ1) is 29.0. The summed E-state index contributed by atoms with van der Waals surface area (Å²) in [6, 6.07) is 12.5. The number of unbranched alkanes of at least 4 members (excludes halogenated alkanes) is 12. The van der Waals surface area contributed by atoms with Crippen molar-refractivity contribution >= 4 is 63.8 Å². The van der Waals surface area contributed by atoms with Crippen molar-refractivity contribution in [2.45, 2.75) is 117 Å². The number of benzene rings is 2. The molecule has 0 aliphatic heterocycles. The molecule has 4 aromatic rings. The Labute approximate surface area is 236 Å². The van der Waals surface area contributed by atoms with Gasteiger partial charge in [-0.15, -0.1) is 22.7 Å². The number of ketones is 2. The first-order valence-corrected chi connectivity index (χ1v) is 16.7. The van der Waals surface area contributed by atoms with Crippen molar-refractivity contribution < 1.29 is 9.59 Å². The summed E-state index contributed by atoms with van der Waals surface area (Å²) in [4.78, 5) is 25.6. The Morgan fingerprint density at radius 2 is 0.895 bits per heavy atom. The smallest absolute Gasteiger partial charge is 0.162 e. The molecule has 4 rings (SSSR count). The van der Waals surface area contributed by atoms with Crippen LogP contribution in [0.5, 0.6) is 0 Å². The van der Waals surface area contributed by atoms with Gasteiger partial charge in [-0.25, -0.2) is 0 Å². The highest BCUT2D eigenvalue weighted by Gasteiger charge is 2.16. The van der Waals surface area contributed by atoms with Crippen molar-refractivity contribution in [3.63, 3.8) is 0 Å². The molecule has 2 heterocycles. The van der Waals surface area contributed by atoms with Crippen molar-refractivity contribution in [3.8, 4) is 0 Å².